The first-order valence-corrected chi connectivity index (χ1v) is 7.01. The van der Waals surface area contributed by atoms with E-state index in [-0.39, 0.29) is 17.9 Å². The largest absolute Gasteiger partial charge is 0.386 e. The zero-order valence-corrected chi connectivity index (χ0v) is 10.7. The second-order valence-corrected chi connectivity index (χ2v) is 6.18. The van der Waals surface area contributed by atoms with Gasteiger partial charge in [-0.3, -0.25) is 4.79 Å². The van der Waals surface area contributed by atoms with Crippen LogP contribution in [-0.2, 0) is 4.79 Å². The molecule has 0 bridgehead atoms. The molecule has 2 heterocycles. The zero-order chi connectivity index (χ0) is 11.8. The van der Waals surface area contributed by atoms with Gasteiger partial charge in [-0.05, 0) is 5.92 Å². The van der Waals surface area contributed by atoms with Gasteiger partial charge in [-0.15, -0.1) is 0 Å². The molecule has 16 heavy (non-hydrogen) atoms. The van der Waals surface area contributed by atoms with Crippen molar-refractivity contribution in [3.05, 3.63) is 0 Å². The Kier molecular flexibility index (Phi) is 3.47. The number of thioether (sulfide) groups is 1. The average Bonchev–Trinajstić information content (AvgIpc) is 2.25. The molecule has 92 valence electrons. The van der Waals surface area contributed by atoms with Gasteiger partial charge in [0, 0.05) is 18.1 Å². The summed E-state index contributed by atoms with van der Waals surface area (Å²) < 4.78 is 0. The van der Waals surface area contributed by atoms with Crippen molar-refractivity contribution < 1.29 is 9.90 Å². The molecule has 2 fully saturated rings. The number of likely N-dealkylation sites (tertiary alicyclic amines) is 1. The molecule has 0 aromatic heterocycles. The van der Waals surface area contributed by atoms with Gasteiger partial charge in [-0.1, -0.05) is 13.8 Å². The quantitative estimate of drug-likeness (QED) is 0.713. The highest BCUT2D eigenvalue weighted by molar-refractivity contribution is 7.99. The van der Waals surface area contributed by atoms with Crippen molar-refractivity contribution in [1.82, 2.24) is 10.2 Å². The summed E-state index contributed by atoms with van der Waals surface area (Å²) >= 11 is 1.82. The van der Waals surface area contributed by atoms with Crippen LogP contribution in [0.2, 0.25) is 0 Å². The summed E-state index contributed by atoms with van der Waals surface area (Å²) in [5.41, 5.74) is -0.655. The summed E-state index contributed by atoms with van der Waals surface area (Å²) in [6.45, 7) is 5.88. The lowest BCUT2D eigenvalue weighted by molar-refractivity contribution is -0.165. The van der Waals surface area contributed by atoms with E-state index in [0.29, 0.717) is 13.1 Å². The first kappa shape index (κ1) is 12.2. The predicted octanol–water partition coefficient (Wildman–Crippen LogP) is -0.0793. The van der Waals surface area contributed by atoms with E-state index in [0.717, 1.165) is 18.1 Å². The number of amides is 1. The molecule has 4 nitrogen and oxygen atoms in total. The van der Waals surface area contributed by atoms with Gasteiger partial charge >= 0.3 is 0 Å². The van der Waals surface area contributed by atoms with Crippen LogP contribution >= 0.6 is 11.8 Å². The molecule has 1 atom stereocenters. The number of rotatable bonds is 2. The van der Waals surface area contributed by atoms with E-state index in [1.807, 2.05) is 25.6 Å². The number of hydrogen-bond acceptors (Lipinski definition) is 4. The molecule has 2 rings (SSSR count). The van der Waals surface area contributed by atoms with E-state index >= 15 is 0 Å². The van der Waals surface area contributed by atoms with Crippen molar-refractivity contribution >= 4 is 17.7 Å². The average molecular weight is 244 g/mol. The third kappa shape index (κ3) is 2.21. The van der Waals surface area contributed by atoms with E-state index in [9.17, 15) is 9.90 Å². The third-order valence-corrected chi connectivity index (χ3v) is 4.60. The third-order valence-electron chi connectivity index (χ3n) is 3.54. The van der Waals surface area contributed by atoms with E-state index in [4.69, 9.17) is 0 Å². The molecule has 1 amide bonds. The monoisotopic (exact) mass is 244 g/mol. The molecule has 2 saturated heterocycles. The van der Waals surface area contributed by atoms with Crippen LogP contribution in [-0.4, -0.2) is 58.7 Å². The smallest absolute Gasteiger partial charge is 0.240 e. The number of β-amino-alcohol motifs (C(OH)–C–C–N with tert-alkyl or cyclic N) is 1. The van der Waals surface area contributed by atoms with E-state index in [1.54, 1.807) is 4.90 Å². The normalized spacial score (nSPS) is 29.0. The maximum absolute atomic E-state index is 12.0. The highest BCUT2D eigenvalue weighted by atomic mass is 32.2. The van der Waals surface area contributed by atoms with E-state index in [2.05, 4.69) is 5.32 Å². The Hall–Kier alpha value is -0.260. The maximum Gasteiger partial charge on any atom is 0.240 e. The van der Waals surface area contributed by atoms with Crippen molar-refractivity contribution in [3.8, 4) is 0 Å². The molecular formula is C11H20N2O2S. The van der Waals surface area contributed by atoms with Crippen molar-refractivity contribution in [1.29, 1.82) is 0 Å². The molecular weight excluding hydrogens is 224 g/mol. The number of nitrogens with one attached hydrogen (secondary N) is 1. The van der Waals surface area contributed by atoms with Crippen LogP contribution in [0.5, 0.6) is 0 Å². The molecule has 0 saturated carbocycles. The minimum absolute atomic E-state index is 0.0459. The lowest BCUT2D eigenvalue weighted by Gasteiger charge is -2.50. The van der Waals surface area contributed by atoms with Crippen LogP contribution in [0.15, 0.2) is 0 Å². The van der Waals surface area contributed by atoms with Crippen LogP contribution in [0.25, 0.3) is 0 Å². The molecule has 0 spiro atoms. The summed E-state index contributed by atoms with van der Waals surface area (Å²) in [5, 5.41) is 13.3. The Morgan fingerprint density at radius 1 is 1.56 bits per heavy atom. The van der Waals surface area contributed by atoms with Crippen LogP contribution in [0, 0.1) is 5.92 Å². The number of hydrogen-bond donors (Lipinski definition) is 2. The standard InChI is InChI=1S/C11H20N2O2S/c1-8(2)11(15)6-13(7-11)10(14)9-5-16-4-3-12-9/h8-9,12,15H,3-7H2,1-2H3. The van der Waals surface area contributed by atoms with E-state index < -0.39 is 5.60 Å². The minimum Gasteiger partial charge on any atom is -0.386 e. The second kappa shape index (κ2) is 4.55. The molecule has 2 aliphatic rings. The van der Waals surface area contributed by atoms with Crippen molar-refractivity contribution in [2.24, 2.45) is 5.92 Å². The fourth-order valence-corrected chi connectivity index (χ4v) is 3.01. The number of nitrogens with zero attached hydrogens (tertiary/aromatic N) is 1. The first-order chi connectivity index (χ1) is 7.53. The Morgan fingerprint density at radius 3 is 2.75 bits per heavy atom. The number of aliphatic hydroxyl groups is 1. The highest BCUT2D eigenvalue weighted by Crippen LogP contribution is 2.29. The highest BCUT2D eigenvalue weighted by Gasteiger charge is 2.47. The molecule has 1 unspecified atom stereocenters. The Bertz CT molecular complexity index is 271. The van der Waals surface area contributed by atoms with Crippen molar-refractivity contribution in [3.63, 3.8) is 0 Å². The van der Waals surface area contributed by atoms with Crippen molar-refractivity contribution in [2.75, 3.05) is 31.1 Å². The fraction of sp³-hybridized carbons (Fsp3) is 0.909. The molecule has 5 heteroatoms. The Morgan fingerprint density at radius 2 is 2.25 bits per heavy atom. The lowest BCUT2D eigenvalue weighted by Crippen LogP contribution is -2.68. The zero-order valence-electron chi connectivity index (χ0n) is 9.90. The van der Waals surface area contributed by atoms with Crippen LogP contribution in [0.4, 0.5) is 0 Å². The molecule has 0 aromatic carbocycles. The fourth-order valence-electron chi connectivity index (χ4n) is 2.08. The van der Waals surface area contributed by atoms with Gasteiger partial charge in [0.15, 0.2) is 0 Å². The van der Waals surface area contributed by atoms with Crippen molar-refractivity contribution in [2.45, 2.75) is 25.5 Å². The topological polar surface area (TPSA) is 52.6 Å². The summed E-state index contributed by atoms with van der Waals surface area (Å²) in [5.74, 6) is 2.30. The second-order valence-electron chi connectivity index (χ2n) is 5.03. The molecule has 2 N–H and O–H groups in total. The summed E-state index contributed by atoms with van der Waals surface area (Å²) in [4.78, 5) is 13.8. The van der Waals surface area contributed by atoms with Gasteiger partial charge in [0.1, 0.15) is 5.60 Å². The lowest BCUT2D eigenvalue weighted by atomic mass is 9.82. The van der Waals surface area contributed by atoms with Gasteiger partial charge in [0.2, 0.25) is 5.91 Å². The summed E-state index contributed by atoms with van der Waals surface area (Å²) in [7, 11) is 0. The maximum atomic E-state index is 12.0. The van der Waals surface area contributed by atoms with Gasteiger partial charge in [0.05, 0.1) is 19.1 Å². The summed E-state index contributed by atoms with van der Waals surface area (Å²) in [6, 6.07) is -0.0459. The summed E-state index contributed by atoms with van der Waals surface area (Å²) in [6.07, 6.45) is 0. The van der Waals surface area contributed by atoms with Crippen LogP contribution < -0.4 is 5.32 Å². The SMILES string of the molecule is CC(C)C1(O)CN(C(=O)C2CSCCN2)C1. The predicted molar refractivity (Wildman–Crippen MR) is 65.5 cm³/mol. The van der Waals surface area contributed by atoms with Gasteiger partial charge in [0.25, 0.3) is 0 Å². The molecule has 0 aromatic rings. The van der Waals surface area contributed by atoms with E-state index in [1.165, 1.54) is 0 Å². The van der Waals surface area contributed by atoms with Crippen LogP contribution in [0.1, 0.15) is 13.8 Å². The van der Waals surface area contributed by atoms with Gasteiger partial charge in [-0.2, -0.15) is 11.8 Å². The van der Waals surface area contributed by atoms with Crippen LogP contribution in [0.3, 0.4) is 0 Å². The number of carbonyl (C=O) groups is 1. The first-order valence-electron chi connectivity index (χ1n) is 5.85. The molecule has 2 aliphatic heterocycles. The molecule has 0 radical (unpaired) electrons. The van der Waals surface area contributed by atoms with Gasteiger partial charge in [-0.25, -0.2) is 0 Å². The minimum atomic E-state index is -0.655. The number of carbonyl (C=O) groups excluding carboxylic acids is 1. The molecule has 0 aliphatic carbocycles. The van der Waals surface area contributed by atoms with Gasteiger partial charge < -0.3 is 15.3 Å². The Labute approximate surface area is 101 Å². The Balaban J connectivity index is 1.84.